The van der Waals surface area contributed by atoms with Crippen LogP contribution in [0.3, 0.4) is 0 Å². The third-order valence-corrected chi connectivity index (χ3v) is 22.0. The van der Waals surface area contributed by atoms with E-state index in [1.54, 1.807) is 13.8 Å². The molecule has 7 aliphatic rings. The van der Waals surface area contributed by atoms with E-state index >= 15 is 14.4 Å². The number of amides is 7. The smallest absolute Gasteiger partial charge is 0.330 e. The number of rotatable bonds is 26. The van der Waals surface area contributed by atoms with Crippen LogP contribution in [-0.4, -0.2) is 198 Å². The molecule has 36 heteroatoms. The number of carbonyl (C=O) groups excluding carboxylic acids is 7. The minimum atomic E-state index is -2.36. The number of phenols is 3. The minimum absolute atomic E-state index is 0.106. The fraction of sp³-hybridized carbons (Fsp3) is 0.446. The van der Waals surface area contributed by atoms with Gasteiger partial charge in [-0.3, -0.25) is 33.6 Å². The number of aliphatic hydroxyl groups excluding tert-OH is 6. The van der Waals surface area contributed by atoms with Crippen molar-refractivity contribution in [2.45, 2.75) is 208 Å². The highest BCUT2D eigenvalue weighted by atomic mass is 35.5. The van der Waals surface area contributed by atoms with Crippen LogP contribution in [0.15, 0.2) is 116 Å². The van der Waals surface area contributed by atoms with E-state index in [0.717, 1.165) is 117 Å². The highest BCUT2D eigenvalue weighted by molar-refractivity contribution is 6.32. The van der Waals surface area contributed by atoms with E-state index in [-0.39, 0.29) is 52.8 Å². The molecule has 6 aromatic carbocycles. The van der Waals surface area contributed by atoms with Crippen LogP contribution in [0.2, 0.25) is 10.0 Å². The van der Waals surface area contributed by atoms with E-state index in [1.807, 2.05) is 44.2 Å². The first-order valence-electron chi connectivity index (χ1n) is 38.9. The van der Waals surface area contributed by atoms with E-state index in [0.29, 0.717) is 12.4 Å². The van der Waals surface area contributed by atoms with E-state index in [1.165, 1.54) is 19.2 Å². The molecule has 7 amide bonds. The van der Waals surface area contributed by atoms with Crippen LogP contribution in [0.4, 0.5) is 0 Å². The quantitative estimate of drug-likeness (QED) is 0.0244. The molecule has 0 aromatic heterocycles. The summed E-state index contributed by atoms with van der Waals surface area (Å²) in [5, 5.41) is 137. The number of carbonyl (C=O) groups is 8. The molecule has 0 saturated carbocycles. The Bertz CT molecular complexity index is 4750. The SMILES string of the molecule is C=CCCCCCCCCOc1cccc(CN[C@@]2(C)C[C@H](O[C@H]3[C@H](Oc4c5cc6cc4Oc4ccc(cc4Cl)[C@@H](O)[C@@H](NC(=O)[C@@H](CC(C)C)NC)C(=O)N[C@@H](CC(N)=O)C(=O)N[C@H]6C(=O)N[C@H]4C(=O)N[C@H](C(=O)N[C@H](C(=O)O)c6cc(O)cc(O)c6-c6cc4ccc6O)[C@H](O)c4ccc(c(Cl)c4)O5)O[C@H](CO)[C@@H](O)[C@@H]3O)O[C@@H](C)[C@H]2O)c1. The van der Waals surface area contributed by atoms with Crippen molar-refractivity contribution in [3.8, 4) is 62.9 Å². The summed E-state index contributed by atoms with van der Waals surface area (Å²) in [6, 6.07) is 6.85. The maximum absolute atomic E-state index is 16.2. The number of benzene rings is 6. The van der Waals surface area contributed by atoms with Crippen molar-refractivity contribution in [1.29, 1.82) is 0 Å². The average Bonchev–Trinajstić information content (AvgIpc) is 0.770. The van der Waals surface area contributed by atoms with Gasteiger partial charge in [0.1, 0.15) is 95.2 Å². The monoisotopic (exact) mass is 1690 g/mol. The van der Waals surface area contributed by atoms with Crippen molar-refractivity contribution in [3.63, 3.8) is 0 Å². The minimum Gasteiger partial charge on any atom is -0.508 e. The summed E-state index contributed by atoms with van der Waals surface area (Å²) < 4.78 is 45.7. The van der Waals surface area contributed by atoms with Crippen molar-refractivity contribution in [1.82, 2.24) is 42.5 Å². The fourth-order valence-electron chi connectivity index (χ4n) is 15.0. The summed E-state index contributed by atoms with van der Waals surface area (Å²) >= 11 is 14.3. The van der Waals surface area contributed by atoms with Crippen LogP contribution in [0.25, 0.3) is 11.1 Å². The number of allylic oxidation sites excluding steroid dienone is 1. The molecule has 7 heterocycles. The number of hydrogen-bond donors (Lipinski definition) is 19. The molecule has 7 aliphatic heterocycles. The number of hydrogen-bond acceptors (Lipinski definition) is 26. The molecule has 20 N–H and O–H groups in total. The van der Waals surface area contributed by atoms with Gasteiger partial charge in [0.15, 0.2) is 29.9 Å². The number of nitrogens with one attached hydrogen (secondary N) is 8. The average molecular weight is 1690 g/mol. The van der Waals surface area contributed by atoms with Gasteiger partial charge >= 0.3 is 5.97 Å². The molecule has 6 aromatic rings. The van der Waals surface area contributed by atoms with E-state index in [9.17, 15) is 75.0 Å². The predicted molar refractivity (Wildman–Crippen MR) is 426 cm³/mol. The number of unbranched alkanes of at least 4 members (excludes halogenated alkanes) is 6. The van der Waals surface area contributed by atoms with Gasteiger partial charge < -0.3 is 132 Å². The van der Waals surface area contributed by atoms with Crippen molar-refractivity contribution in [3.05, 3.63) is 159 Å². The normalized spacial score (nSPS) is 26.7. The van der Waals surface area contributed by atoms with Gasteiger partial charge in [0.2, 0.25) is 53.4 Å². The lowest BCUT2D eigenvalue weighted by Crippen LogP contribution is -2.65. The molecular formula is C83H99Cl2N9O25. The summed E-state index contributed by atoms with van der Waals surface area (Å²) in [4.78, 5) is 118. The number of carboxylic acids is 1. The van der Waals surface area contributed by atoms with Gasteiger partial charge in [-0.05, 0) is 147 Å². The number of fused-ring (bicyclic) bond motifs is 15. The number of aromatic hydroxyl groups is 3. The number of ether oxygens (including phenoxy) is 7. The van der Waals surface area contributed by atoms with Crippen LogP contribution >= 0.6 is 23.2 Å². The summed E-state index contributed by atoms with van der Waals surface area (Å²) in [6.45, 7) is 10.5. The third kappa shape index (κ3) is 21.1. The number of aliphatic carboxylic acids is 1. The first kappa shape index (κ1) is 89.4. The zero-order valence-corrected chi connectivity index (χ0v) is 67.1. The van der Waals surface area contributed by atoms with Crippen molar-refractivity contribution in [2.75, 3.05) is 20.3 Å². The topological polar surface area (TPSA) is 526 Å². The molecule has 0 unspecified atom stereocenters. The van der Waals surface area contributed by atoms with Gasteiger partial charge in [-0.25, -0.2) is 4.79 Å². The molecule has 11 bridgehead atoms. The number of nitrogens with two attached hydrogens (primary N) is 1. The molecule has 119 heavy (non-hydrogen) atoms. The van der Waals surface area contributed by atoms with Gasteiger partial charge in [0.25, 0.3) is 0 Å². The summed E-state index contributed by atoms with van der Waals surface area (Å²) in [7, 11) is 1.48. The highest BCUT2D eigenvalue weighted by Crippen LogP contribution is 2.50. The lowest BCUT2D eigenvalue weighted by atomic mass is 9.84. The molecule has 2 saturated heterocycles. The first-order chi connectivity index (χ1) is 56.7. The molecule has 18 atom stereocenters. The van der Waals surface area contributed by atoms with Gasteiger partial charge in [0, 0.05) is 41.3 Å². The summed E-state index contributed by atoms with van der Waals surface area (Å²) in [5.41, 5.74) is 2.50. The van der Waals surface area contributed by atoms with Crippen LogP contribution < -0.4 is 67.2 Å². The fourth-order valence-corrected chi connectivity index (χ4v) is 15.4. The number of likely N-dealkylation sites (N-methyl/N-ethyl adjacent to an activating group) is 1. The van der Waals surface area contributed by atoms with Gasteiger partial charge in [0.05, 0.1) is 47.9 Å². The number of carboxylic acid groups (broad SMARTS) is 1. The maximum atomic E-state index is 16.2. The standard InChI is InChI=1S/C83H99Cl2N9O25/c1-7-8-9-10-11-12-13-14-24-113-46-17-15-16-40(26-46)36-88-83(5)35-61(114-39(4)74(83)104)118-73-71(103)70(102)59(37-95)117-82(73)119-72-57-30-44-31-58(72)116-56-23-20-43(29-50(56)85)69(101)67-80(110)92-65(81(111)112)48-32-45(96)33-54(98)62(48)47-27-41(18-21-53(47)97)63(77(107)94-67)91-78(108)64(44)90-76(106)52(34-60(86)99)89-79(109)66(93-75(105)51(87-6)25-38(2)3)68(100)42-19-22-55(115-57)49(84)28-42/h7,15-23,26-33,38-39,51-52,59,61,63-71,73-74,82,87-88,95-98,100-104H,1,8-14,24-25,34-37H2,2-6H3,(H2,86,99)(H,89,109)(H,90,106)(H,91,108)(H,92,110)(H,93,105)(H,94,107)(H,111,112)/t39-,51+,52-,59+,61-,63+,64+,65-,66+,67-,68+,69+,70+,71-,73+,74+,82-,83-/m0/s1. The Hall–Kier alpha value is -10.4. The molecule has 13 rings (SSSR count). The molecular weight excluding hydrogens is 1590 g/mol. The van der Waals surface area contributed by atoms with Crippen molar-refractivity contribution < 1.29 is 123 Å². The van der Waals surface area contributed by atoms with E-state index in [4.69, 9.17) is 62.1 Å². The Morgan fingerprint density at radius 2 is 1.34 bits per heavy atom. The Kier molecular flexibility index (Phi) is 29.4. The van der Waals surface area contributed by atoms with Crippen LogP contribution in [0.5, 0.6) is 51.7 Å². The molecule has 34 nitrogen and oxygen atoms in total. The second-order valence-corrected chi connectivity index (χ2v) is 31.5. The number of primary amides is 1. The Labute approximate surface area is 694 Å². The number of phenolic OH excluding ortho intramolecular Hbond substituents is 3. The molecule has 0 spiro atoms. The molecule has 640 valence electrons. The van der Waals surface area contributed by atoms with E-state index in [2.05, 4.69) is 49.1 Å². The molecule has 0 aliphatic carbocycles. The summed E-state index contributed by atoms with van der Waals surface area (Å²) in [6.07, 6.45) is -9.42. The van der Waals surface area contributed by atoms with Crippen LogP contribution in [0.1, 0.15) is 156 Å². The lowest BCUT2D eigenvalue weighted by Gasteiger charge is -2.48. The number of aliphatic hydroxyl groups is 6. The molecule has 0 radical (unpaired) electrons. The van der Waals surface area contributed by atoms with Crippen LogP contribution in [-0.2, 0) is 59.1 Å². The third-order valence-electron chi connectivity index (χ3n) is 21.4. The first-order valence-corrected chi connectivity index (χ1v) is 39.7. The summed E-state index contributed by atoms with van der Waals surface area (Å²) in [5.74, 6) is -15.4. The number of halogens is 2. The lowest BCUT2D eigenvalue weighted by molar-refractivity contribution is -0.334. The Balaban J connectivity index is 1.07. The largest absolute Gasteiger partial charge is 0.508 e. The van der Waals surface area contributed by atoms with E-state index < -0.39 is 237 Å². The second kappa shape index (κ2) is 39.2. The van der Waals surface area contributed by atoms with Crippen LogP contribution in [0, 0.1) is 5.92 Å². The zero-order valence-electron chi connectivity index (χ0n) is 65.6. The Morgan fingerprint density at radius 1 is 0.706 bits per heavy atom. The van der Waals surface area contributed by atoms with Gasteiger partial charge in [-0.15, -0.1) is 6.58 Å². The van der Waals surface area contributed by atoms with Crippen molar-refractivity contribution in [2.24, 2.45) is 11.7 Å². The molecule has 2 fully saturated rings. The maximum Gasteiger partial charge on any atom is 0.330 e. The van der Waals surface area contributed by atoms with Crippen molar-refractivity contribution >= 4 is 70.5 Å². The Morgan fingerprint density at radius 3 is 1.98 bits per heavy atom. The van der Waals surface area contributed by atoms with Gasteiger partial charge in [-0.2, -0.15) is 0 Å². The van der Waals surface area contributed by atoms with Gasteiger partial charge in [-0.1, -0.05) is 99.1 Å². The predicted octanol–water partition coefficient (Wildman–Crippen LogP) is 5.23. The zero-order chi connectivity index (χ0) is 86.0. The highest BCUT2D eigenvalue weighted by Gasteiger charge is 2.52. The second-order valence-electron chi connectivity index (χ2n) is 30.7.